The topological polar surface area (TPSA) is 79.8 Å². The van der Waals surface area contributed by atoms with Gasteiger partial charge >= 0.3 is 0 Å². The Morgan fingerprint density at radius 1 is 1.30 bits per heavy atom. The molecule has 0 bridgehead atoms. The minimum absolute atomic E-state index is 0.237. The van der Waals surface area contributed by atoms with Crippen LogP contribution in [0.25, 0.3) is 11.7 Å². The van der Waals surface area contributed by atoms with Crippen molar-refractivity contribution in [1.29, 1.82) is 0 Å². The predicted molar refractivity (Wildman–Crippen MR) is 108 cm³/mol. The summed E-state index contributed by atoms with van der Waals surface area (Å²) >= 11 is 6.32. The summed E-state index contributed by atoms with van der Waals surface area (Å²) in [4.78, 5) is 31.7. The van der Waals surface area contributed by atoms with Crippen LogP contribution in [0.3, 0.4) is 0 Å². The number of hydrogen-bond donors (Lipinski definition) is 1. The summed E-state index contributed by atoms with van der Waals surface area (Å²) in [6, 6.07) is 8.91. The number of furan rings is 1. The van der Waals surface area contributed by atoms with E-state index in [4.69, 9.17) is 16.6 Å². The second-order valence-electron chi connectivity index (χ2n) is 5.78. The van der Waals surface area contributed by atoms with Gasteiger partial charge in [0.15, 0.2) is 0 Å². The van der Waals surface area contributed by atoms with Gasteiger partial charge in [-0.1, -0.05) is 30.0 Å². The lowest BCUT2D eigenvalue weighted by Crippen LogP contribution is -2.23. The first kappa shape index (κ1) is 17.5. The van der Waals surface area contributed by atoms with Crippen molar-refractivity contribution in [3.63, 3.8) is 0 Å². The van der Waals surface area contributed by atoms with E-state index in [0.717, 1.165) is 11.8 Å². The molecule has 0 saturated carbocycles. The number of amides is 1. The van der Waals surface area contributed by atoms with E-state index < -0.39 is 0 Å². The molecule has 136 valence electrons. The van der Waals surface area contributed by atoms with Crippen molar-refractivity contribution in [2.24, 2.45) is 0 Å². The van der Waals surface area contributed by atoms with E-state index in [1.807, 2.05) is 6.07 Å². The summed E-state index contributed by atoms with van der Waals surface area (Å²) in [5, 5.41) is 3.13. The highest BCUT2D eigenvalue weighted by atomic mass is 32.2. The number of fused-ring (bicyclic) bond motifs is 1. The lowest BCUT2D eigenvalue weighted by atomic mass is 10.2. The van der Waals surface area contributed by atoms with Crippen LogP contribution in [0.5, 0.6) is 0 Å². The third kappa shape index (κ3) is 3.26. The molecule has 0 aromatic carbocycles. The van der Waals surface area contributed by atoms with Gasteiger partial charge < -0.3 is 9.73 Å². The summed E-state index contributed by atoms with van der Waals surface area (Å²) in [7, 11) is 1.61. The fourth-order valence-electron chi connectivity index (χ4n) is 2.63. The second-order valence-corrected chi connectivity index (χ2v) is 7.46. The van der Waals surface area contributed by atoms with Crippen molar-refractivity contribution in [3.05, 3.63) is 69.4 Å². The van der Waals surface area contributed by atoms with Crippen LogP contribution in [0.15, 0.2) is 56.9 Å². The Hall–Kier alpha value is -2.91. The standard InChI is InChI=1S/C18H14N4O3S2/c1-21-17(24)13(27-18(21)26)9-12-15(19-10-11-5-4-8-25-11)20-14-6-2-3-7-22(14)16(12)23/h2-9,19H,10H2,1H3. The molecule has 0 radical (unpaired) electrons. The van der Waals surface area contributed by atoms with Gasteiger partial charge in [0.05, 0.1) is 23.3 Å². The van der Waals surface area contributed by atoms with Crippen LogP contribution in [0, 0.1) is 0 Å². The summed E-state index contributed by atoms with van der Waals surface area (Å²) in [5.74, 6) is 0.847. The number of hydrogen-bond acceptors (Lipinski definition) is 7. The van der Waals surface area contributed by atoms with Gasteiger partial charge in [-0.2, -0.15) is 0 Å². The minimum Gasteiger partial charge on any atom is -0.467 e. The van der Waals surface area contributed by atoms with E-state index in [1.165, 1.54) is 9.30 Å². The van der Waals surface area contributed by atoms with E-state index in [0.29, 0.717) is 38.6 Å². The zero-order valence-electron chi connectivity index (χ0n) is 14.2. The molecule has 1 saturated heterocycles. The van der Waals surface area contributed by atoms with Crippen molar-refractivity contribution < 1.29 is 9.21 Å². The smallest absolute Gasteiger partial charge is 0.267 e. The molecule has 0 aliphatic carbocycles. The Kier molecular flexibility index (Phi) is 4.54. The van der Waals surface area contributed by atoms with E-state index in [9.17, 15) is 9.59 Å². The number of anilines is 1. The number of likely N-dealkylation sites (N-methyl/N-ethyl adjacent to an activating group) is 1. The predicted octanol–water partition coefficient (Wildman–Crippen LogP) is 2.73. The van der Waals surface area contributed by atoms with E-state index in [-0.39, 0.29) is 11.5 Å². The number of thiocarbonyl (C=S) groups is 1. The van der Waals surface area contributed by atoms with Crippen LogP contribution >= 0.6 is 24.0 Å². The molecular formula is C18H14N4O3S2. The first-order chi connectivity index (χ1) is 13.0. The largest absolute Gasteiger partial charge is 0.467 e. The van der Waals surface area contributed by atoms with Crippen molar-refractivity contribution in [1.82, 2.24) is 14.3 Å². The number of carbonyl (C=O) groups is 1. The van der Waals surface area contributed by atoms with Crippen molar-refractivity contribution in [2.75, 3.05) is 12.4 Å². The molecule has 4 rings (SSSR count). The van der Waals surface area contributed by atoms with Crippen LogP contribution in [0.4, 0.5) is 5.82 Å². The molecule has 9 heteroatoms. The maximum absolute atomic E-state index is 13.0. The van der Waals surface area contributed by atoms with Crippen LogP contribution in [-0.2, 0) is 11.3 Å². The highest BCUT2D eigenvalue weighted by Gasteiger charge is 2.29. The van der Waals surface area contributed by atoms with Gasteiger partial charge in [0.25, 0.3) is 11.5 Å². The van der Waals surface area contributed by atoms with Crippen molar-refractivity contribution in [3.8, 4) is 0 Å². The Bertz CT molecular complexity index is 1140. The number of aromatic nitrogens is 2. The maximum Gasteiger partial charge on any atom is 0.267 e. The molecule has 1 fully saturated rings. The minimum atomic E-state index is -0.274. The average Bonchev–Trinajstić information content (AvgIpc) is 3.27. The molecule has 1 aliphatic rings. The highest BCUT2D eigenvalue weighted by molar-refractivity contribution is 8.26. The van der Waals surface area contributed by atoms with Gasteiger partial charge in [-0.3, -0.25) is 18.9 Å². The quantitative estimate of drug-likeness (QED) is 0.535. The fraction of sp³-hybridized carbons (Fsp3) is 0.111. The Balaban J connectivity index is 1.82. The summed E-state index contributed by atoms with van der Waals surface area (Å²) < 4.78 is 7.21. The molecule has 0 spiro atoms. The van der Waals surface area contributed by atoms with Crippen LogP contribution in [0.2, 0.25) is 0 Å². The van der Waals surface area contributed by atoms with Gasteiger partial charge in [-0.25, -0.2) is 4.98 Å². The van der Waals surface area contributed by atoms with Crippen molar-refractivity contribution in [2.45, 2.75) is 6.54 Å². The van der Waals surface area contributed by atoms with Gasteiger partial charge in [0.2, 0.25) is 0 Å². The number of nitrogens with zero attached hydrogens (tertiary/aromatic N) is 3. The van der Waals surface area contributed by atoms with E-state index >= 15 is 0 Å². The molecule has 0 unspecified atom stereocenters. The fourth-order valence-corrected chi connectivity index (χ4v) is 3.79. The molecule has 1 N–H and O–H groups in total. The summed E-state index contributed by atoms with van der Waals surface area (Å²) in [5.41, 5.74) is 0.521. The zero-order chi connectivity index (χ0) is 19.0. The molecule has 1 aliphatic heterocycles. The summed E-state index contributed by atoms with van der Waals surface area (Å²) in [6.07, 6.45) is 4.76. The summed E-state index contributed by atoms with van der Waals surface area (Å²) in [6.45, 7) is 0.359. The van der Waals surface area contributed by atoms with Gasteiger partial charge in [-0.05, 0) is 30.3 Å². The monoisotopic (exact) mass is 398 g/mol. The van der Waals surface area contributed by atoms with Gasteiger partial charge in [-0.15, -0.1) is 0 Å². The molecular weight excluding hydrogens is 384 g/mol. The van der Waals surface area contributed by atoms with E-state index in [1.54, 1.807) is 49.8 Å². The van der Waals surface area contributed by atoms with Gasteiger partial charge in [0, 0.05) is 13.2 Å². The Morgan fingerprint density at radius 3 is 2.85 bits per heavy atom. The third-order valence-electron chi connectivity index (χ3n) is 4.04. The lowest BCUT2D eigenvalue weighted by Gasteiger charge is -2.10. The van der Waals surface area contributed by atoms with Gasteiger partial charge in [0.1, 0.15) is 21.5 Å². The zero-order valence-corrected chi connectivity index (χ0v) is 15.8. The molecule has 27 heavy (non-hydrogen) atoms. The number of pyridine rings is 1. The maximum atomic E-state index is 13.0. The number of rotatable bonds is 4. The Labute approximate surface area is 163 Å². The van der Waals surface area contributed by atoms with Crippen LogP contribution < -0.4 is 10.9 Å². The van der Waals surface area contributed by atoms with Crippen molar-refractivity contribution >= 4 is 51.7 Å². The highest BCUT2D eigenvalue weighted by Crippen LogP contribution is 2.31. The Morgan fingerprint density at radius 2 is 2.15 bits per heavy atom. The normalized spacial score (nSPS) is 15.9. The number of nitrogens with one attached hydrogen (secondary N) is 1. The SMILES string of the molecule is CN1C(=O)C(=Cc2c(NCc3ccco3)nc3ccccn3c2=O)SC1=S. The number of thioether (sulfide) groups is 1. The molecule has 3 aromatic heterocycles. The van der Waals surface area contributed by atoms with Crippen LogP contribution in [-0.4, -0.2) is 31.6 Å². The lowest BCUT2D eigenvalue weighted by molar-refractivity contribution is -0.121. The molecule has 4 heterocycles. The van der Waals surface area contributed by atoms with Crippen LogP contribution in [0.1, 0.15) is 11.3 Å². The second kappa shape index (κ2) is 7.01. The molecule has 1 amide bonds. The van der Waals surface area contributed by atoms with E-state index in [2.05, 4.69) is 10.3 Å². The average molecular weight is 398 g/mol. The third-order valence-corrected chi connectivity index (χ3v) is 5.53. The first-order valence-corrected chi connectivity index (χ1v) is 9.26. The molecule has 7 nitrogen and oxygen atoms in total. The number of carbonyl (C=O) groups excluding carboxylic acids is 1. The first-order valence-electron chi connectivity index (χ1n) is 8.04. The molecule has 0 atom stereocenters. The molecule has 3 aromatic rings.